The van der Waals surface area contributed by atoms with Crippen molar-refractivity contribution in [2.24, 2.45) is 0 Å². The number of rotatable bonds is 2. The van der Waals surface area contributed by atoms with Crippen molar-refractivity contribution in [3.05, 3.63) is 22.4 Å². The highest BCUT2D eigenvalue weighted by Crippen LogP contribution is 2.24. The predicted octanol–water partition coefficient (Wildman–Crippen LogP) is 1.20. The lowest BCUT2D eigenvalue weighted by molar-refractivity contribution is -0.151. The first-order chi connectivity index (χ1) is 10.2. The van der Waals surface area contributed by atoms with E-state index >= 15 is 0 Å². The van der Waals surface area contributed by atoms with Crippen LogP contribution in [0.4, 0.5) is 0 Å². The van der Waals surface area contributed by atoms with Crippen molar-refractivity contribution in [1.82, 2.24) is 9.80 Å². The van der Waals surface area contributed by atoms with Gasteiger partial charge in [-0.15, -0.1) is 0 Å². The Hall–Kier alpha value is -0.950. The van der Waals surface area contributed by atoms with Gasteiger partial charge in [0.1, 0.15) is 5.60 Å². The Morgan fingerprint density at radius 1 is 1.38 bits per heavy atom. The number of morpholine rings is 1. The van der Waals surface area contributed by atoms with Crippen LogP contribution in [0, 0.1) is 0 Å². The molecule has 21 heavy (non-hydrogen) atoms. The summed E-state index contributed by atoms with van der Waals surface area (Å²) in [4.78, 5) is 16.0. The maximum Gasteiger partial charge on any atom is 0.219 e. The second kappa shape index (κ2) is 6.44. The lowest BCUT2D eigenvalue weighted by atomic mass is 10.0. The molecule has 0 aliphatic carbocycles. The molecule has 1 amide bonds. The van der Waals surface area contributed by atoms with Gasteiger partial charge in [0, 0.05) is 33.1 Å². The van der Waals surface area contributed by atoms with Crippen LogP contribution < -0.4 is 0 Å². The molecule has 0 bridgehead atoms. The molecule has 1 atom stereocenters. The molecule has 0 unspecified atom stereocenters. The Morgan fingerprint density at radius 2 is 2.29 bits per heavy atom. The number of amides is 1. The van der Waals surface area contributed by atoms with E-state index in [0.29, 0.717) is 32.9 Å². The summed E-state index contributed by atoms with van der Waals surface area (Å²) in [7, 11) is 0. The van der Waals surface area contributed by atoms with Gasteiger partial charge in [-0.25, -0.2) is 0 Å². The zero-order valence-corrected chi connectivity index (χ0v) is 13.2. The summed E-state index contributed by atoms with van der Waals surface area (Å²) in [6, 6.07) is 2.16. The molecular weight excluding hydrogens is 288 g/mol. The minimum Gasteiger partial charge on any atom is -0.376 e. The first-order valence-corrected chi connectivity index (χ1v) is 8.32. The van der Waals surface area contributed by atoms with Gasteiger partial charge >= 0.3 is 0 Å². The van der Waals surface area contributed by atoms with Crippen molar-refractivity contribution in [3.63, 3.8) is 0 Å². The lowest BCUT2D eigenvalue weighted by Gasteiger charge is -2.43. The smallest absolute Gasteiger partial charge is 0.219 e. The molecule has 1 spiro atoms. The molecule has 2 aliphatic heterocycles. The highest BCUT2D eigenvalue weighted by Gasteiger charge is 2.40. The first-order valence-electron chi connectivity index (χ1n) is 7.38. The van der Waals surface area contributed by atoms with E-state index in [-0.39, 0.29) is 11.5 Å². The van der Waals surface area contributed by atoms with E-state index in [1.807, 2.05) is 4.90 Å². The van der Waals surface area contributed by atoms with Gasteiger partial charge in [-0.05, 0) is 22.4 Å². The van der Waals surface area contributed by atoms with Crippen LogP contribution in [-0.2, 0) is 20.8 Å². The fraction of sp³-hybridized carbons (Fsp3) is 0.667. The summed E-state index contributed by atoms with van der Waals surface area (Å²) in [6.07, 6.45) is 0. The molecule has 3 rings (SSSR count). The van der Waals surface area contributed by atoms with Gasteiger partial charge in [-0.1, -0.05) is 0 Å². The van der Waals surface area contributed by atoms with E-state index in [0.717, 1.165) is 19.6 Å². The molecule has 0 N–H and O–H groups in total. The van der Waals surface area contributed by atoms with Crippen LogP contribution in [0.3, 0.4) is 0 Å². The molecule has 2 aliphatic rings. The maximum absolute atomic E-state index is 11.7. The standard InChI is InChI=1S/C15H22N2O3S/c1-13(18)17-4-5-19-12-15(11-17)10-16(3-6-20-15)8-14-2-7-21-9-14/h2,7,9H,3-6,8,10-12H2,1H3/t15-/m0/s1. The van der Waals surface area contributed by atoms with E-state index in [9.17, 15) is 4.79 Å². The van der Waals surface area contributed by atoms with Gasteiger partial charge in [0.25, 0.3) is 0 Å². The van der Waals surface area contributed by atoms with Gasteiger partial charge in [0.05, 0.1) is 26.4 Å². The summed E-state index contributed by atoms with van der Waals surface area (Å²) < 4.78 is 11.8. The van der Waals surface area contributed by atoms with E-state index < -0.39 is 0 Å². The largest absolute Gasteiger partial charge is 0.376 e. The number of thiophene rings is 1. The van der Waals surface area contributed by atoms with Crippen molar-refractivity contribution >= 4 is 17.2 Å². The van der Waals surface area contributed by atoms with E-state index in [1.165, 1.54) is 5.56 Å². The van der Waals surface area contributed by atoms with Crippen LogP contribution in [0.25, 0.3) is 0 Å². The summed E-state index contributed by atoms with van der Waals surface area (Å²) in [5.41, 5.74) is 0.964. The van der Waals surface area contributed by atoms with Crippen LogP contribution >= 0.6 is 11.3 Å². The zero-order valence-electron chi connectivity index (χ0n) is 12.4. The summed E-state index contributed by atoms with van der Waals surface area (Å²) >= 11 is 1.73. The Labute approximate surface area is 129 Å². The molecule has 1 aromatic heterocycles. The fourth-order valence-corrected chi connectivity index (χ4v) is 3.72. The Bertz CT molecular complexity index is 479. The molecule has 5 nitrogen and oxygen atoms in total. The lowest BCUT2D eigenvalue weighted by Crippen LogP contribution is -2.58. The quantitative estimate of drug-likeness (QED) is 0.823. The zero-order chi connectivity index (χ0) is 14.7. The molecule has 2 saturated heterocycles. The summed E-state index contributed by atoms with van der Waals surface area (Å²) in [5.74, 6) is 0.0958. The molecule has 0 saturated carbocycles. The average molecular weight is 310 g/mol. The van der Waals surface area contributed by atoms with Gasteiger partial charge in [0.15, 0.2) is 0 Å². The second-order valence-corrected chi connectivity index (χ2v) is 6.65. The Balaban J connectivity index is 1.69. The number of hydrogen-bond donors (Lipinski definition) is 0. The number of ether oxygens (including phenoxy) is 2. The molecule has 1 aromatic rings. The third kappa shape index (κ3) is 3.63. The number of hydrogen-bond acceptors (Lipinski definition) is 5. The van der Waals surface area contributed by atoms with Crippen LogP contribution in [-0.4, -0.2) is 67.3 Å². The minimum absolute atomic E-state index is 0.0958. The average Bonchev–Trinajstić information content (AvgIpc) is 2.87. The van der Waals surface area contributed by atoms with E-state index in [4.69, 9.17) is 9.47 Å². The van der Waals surface area contributed by atoms with Crippen LogP contribution in [0.1, 0.15) is 12.5 Å². The van der Waals surface area contributed by atoms with Crippen molar-refractivity contribution in [2.75, 3.05) is 46.0 Å². The normalized spacial score (nSPS) is 27.8. The van der Waals surface area contributed by atoms with Crippen molar-refractivity contribution in [1.29, 1.82) is 0 Å². The molecule has 0 radical (unpaired) electrons. The molecular formula is C15H22N2O3S. The van der Waals surface area contributed by atoms with Gasteiger partial charge in [-0.2, -0.15) is 11.3 Å². The van der Waals surface area contributed by atoms with E-state index in [2.05, 4.69) is 21.7 Å². The Morgan fingerprint density at radius 3 is 3.05 bits per heavy atom. The van der Waals surface area contributed by atoms with Crippen LogP contribution in [0.2, 0.25) is 0 Å². The number of carbonyl (C=O) groups is 1. The van der Waals surface area contributed by atoms with Crippen molar-refractivity contribution < 1.29 is 14.3 Å². The maximum atomic E-state index is 11.7. The van der Waals surface area contributed by atoms with Gasteiger partial charge < -0.3 is 14.4 Å². The molecule has 6 heteroatoms. The molecule has 2 fully saturated rings. The van der Waals surface area contributed by atoms with Crippen molar-refractivity contribution in [3.8, 4) is 0 Å². The topological polar surface area (TPSA) is 42.0 Å². The third-order valence-corrected chi connectivity index (χ3v) is 4.84. The second-order valence-electron chi connectivity index (χ2n) is 5.87. The molecule has 116 valence electrons. The first kappa shape index (κ1) is 15.0. The monoisotopic (exact) mass is 310 g/mol. The van der Waals surface area contributed by atoms with Crippen LogP contribution in [0.5, 0.6) is 0 Å². The highest BCUT2D eigenvalue weighted by molar-refractivity contribution is 7.07. The highest BCUT2D eigenvalue weighted by atomic mass is 32.1. The Kier molecular flexibility index (Phi) is 4.59. The summed E-state index contributed by atoms with van der Waals surface area (Å²) in [6.45, 7) is 7.43. The van der Waals surface area contributed by atoms with Crippen LogP contribution in [0.15, 0.2) is 16.8 Å². The van der Waals surface area contributed by atoms with E-state index in [1.54, 1.807) is 18.3 Å². The van der Waals surface area contributed by atoms with Crippen molar-refractivity contribution in [2.45, 2.75) is 19.1 Å². The molecule has 3 heterocycles. The predicted molar refractivity (Wildman–Crippen MR) is 81.4 cm³/mol. The minimum atomic E-state index is -0.379. The molecule has 0 aromatic carbocycles. The fourth-order valence-electron chi connectivity index (χ4n) is 3.06. The number of nitrogens with zero attached hydrogens (tertiary/aromatic N) is 2. The van der Waals surface area contributed by atoms with Gasteiger partial charge in [0.2, 0.25) is 5.91 Å². The SMILES string of the molecule is CC(=O)N1CCOC[C@]2(CN(Cc3ccsc3)CCO2)C1. The third-order valence-electron chi connectivity index (χ3n) is 4.11. The number of carbonyl (C=O) groups excluding carboxylic acids is 1. The summed E-state index contributed by atoms with van der Waals surface area (Å²) in [5, 5.41) is 4.30. The van der Waals surface area contributed by atoms with Gasteiger partial charge in [-0.3, -0.25) is 9.69 Å².